The molecule has 3 aromatic rings. The lowest BCUT2D eigenvalue weighted by Gasteiger charge is -2.10. The fourth-order valence-electron chi connectivity index (χ4n) is 2.47. The fourth-order valence-corrected chi connectivity index (χ4v) is 2.47. The van der Waals surface area contributed by atoms with Gasteiger partial charge in [0.15, 0.2) is 0 Å². The zero-order valence-electron chi connectivity index (χ0n) is 11.7. The van der Waals surface area contributed by atoms with Crippen LogP contribution in [-0.2, 0) is 6.42 Å². The summed E-state index contributed by atoms with van der Waals surface area (Å²) in [6.45, 7) is 4.27. The van der Waals surface area contributed by atoms with Gasteiger partial charge in [-0.3, -0.25) is 9.55 Å². The number of aromatic nitrogens is 3. The van der Waals surface area contributed by atoms with E-state index in [0.29, 0.717) is 0 Å². The number of aryl methyl sites for hydroxylation is 1. The van der Waals surface area contributed by atoms with Crippen molar-refractivity contribution in [1.29, 1.82) is 0 Å². The number of benzene rings is 1. The summed E-state index contributed by atoms with van der Waals surface area (Å²) >= 11 is 0. The van der Waals surface area contributed by atoms with Crippen molar-refractivity contribution in [2.45, 2.75) is 20.3 Å². The molecule has 0 N–H and O–H groups in total. The Balaban J connectivity index is 2.25. The minimum absolute atomic E-state index is 0.934. The van der Waals surface area contributed by atoms with Gasteiger partial charge in [0.1, 0.15) is 5.82 Å². The molecule has 0 aliphatic rings. The van der Waals surface area contributed by atoms with Crippen LogP contribution in [0.15, 0.2) is 54.9 Å². The molecule has 100 valence electrons. The SMILES string of the molecule is CCc1nc(-c2ccncc2)n(-c2ccccc2)c1C. The standard InChI is InChI=1S/C17H17N3/c1-3-16-13(2)20(15-7-5-4-6-8-15)17(19-16)14-9-11-18-12-10-14/h4-12H,3H2,1-2H3. The van der Waals surface area contributed by atoms with E-state index in [9.17, 15) is 0 Å². The first kappa shape index (κ1) is 12.6. The van der Waals surface area contributed by atoms with E-state index in [0.717, 1.165) is 29.2 Å². The zero-order chi connectivity index (χ0) is 13.9. The van der Waals surface area contributed by atoms with Crippen molar-refractivity contribution in [3.8, 4) is 17.1 Å². The summed E-state index contributed by atoms with van der Waals surface area (Å²) in [5, 5.41) is 0. The van der Waals surface area contributed by atoms with Crippen molar-refractivity contribution in [2.75, 3.05) is 0 Å². The number of hydrogen-bond acceptors (Lipinski definition) is 2. The maximum absolute atomic E-state index is 4.81. The van der Waals surface area contributed by atoms with Gasteiger partial charge in [-0.05, 0) is 37.6 Å². The molecule has 0 amide bonds. The van der Waals surface area contributed by atoms with Crippen LogP contribution in [0.3, 0.4) is 0 Å². The zero-order valence-corrected chi connectivity index (χ0v) is 11.7. The van der Waals surface area contributed by atoms with Gasteiger partial charge >= 0.3 is 0 Å². The van der Waals surface area contributed by atoms with Crippen LogP contribution in [0, 0.1) is 6.92 Å². The Morgan fingerprint density at radius 3 is 2.35 bits per heavy atom. The van der Waals surface area contributed by atoms with Crippen molar-refractivity contribution in [1.82, 2.24) is 14.5 Å². The molecule has 0 aliphatic heterocycles. The Labute approximate surface area is 118 Å². The summed E-state index contributed by atoms with van der Waals surface area (Å²) in [4.78, 5) is 8.90. The number of hydrogen-bond donors (Lipinski definition) is 0. The first-order chi connectivity index (χ1) is 9.81. The maximum atomic E-state index is 4.81. The average Bonchev–Trinajstić information content (AvgIpc) is 2.86. The predicted molar refractivity (Wildman–Crippen MR) is 80.9 cm³/mol. The first-order valence-electron chi connectivity index (χ1n) is 6.85. The Morgan fingerprint density at radius 2 is 1.70 bits per heavy atom. The molecule has 3 nitrogen and oxygen atoms in total. The molecule has 0 spiro atoms. The normalized spacial score (nSPS) is 10.7. The van der Waals surface area contributed by atoms with Crippen LogP contribution in [0.5, 0.6) is 0 Å². The third-order valence-electron chi connectivity index (χ3n) is 3.49. The molecule has 0 fully saturated rings. The summed E-state index contributed by atoms with van der Waals surface area (Å²) in [5.41, 5.74) is 4.57. The Bertz CT molecular complexity index is 700. The van der Waals surface area contributed by atoms with E-state index >= 15 is 0 Å². The van der Waals surface area contributed by atoms with Crippen LogP contribution >= 0.6 is 0 Å². The Morgan fingerprint density at radius 1 is 1.00 bits per heavy atom. The molecule has 3 heteroatoms. The smallest absolute Gasteiger partial charge is 0.145 e. The van der Waals surface area contributed by atoms with E-state index in [4.69, 9.17) is 4.98 Å². The van der Waals surface area contributed by atoms with Gasteiger partial charge in [-0.25, -0.2) is 4.98 Å². The lowest BCUT2D eigenvalue weighted by atomic mass is 10.2. The second-order valence-corrected chi connectivity index (χ2v) is 4.73. The molecule has 20 heavy (non-hydrogen) atoms. The lowest BCUT2D eigenvalue weighted by Crippen LogP contribution is -1.99. The molecule has 0 aliphatic carbocycles. The summed E-state index contributed by atoms with van der Waals surface area (Å²) in [6.07, 6.45) is 4.55. The minimum atomic E-state index is 0.934. The van der Waals surface area contributed by atoms with Crippen LogP contribution in [0.25, 0.3) is 17.1 Å². The molecule has 1 aromatic carbocycles. The molecule has 2 aromatic heterocycles. The number of para-hydroxylation sites is 1. The highest BCUT2D eigenvalue weighted by atomic mass is 15.1. The number of rotatable bonds is 3. The molecule has 3 rings (SSSR count). The second kappa shape index (κ2) is 5.29. The van der Waals surface area contributed by atoms with Crippen LogP contribution in [0.2, 0.25) is 0 Å². The highest BCUT2D eigenvalue weighted by Crippen LogP contribution is 2.26. The third-order valence-corrected chi connectivity index (χ3v) is 3.49. The molecule has 2 heterocycles. The molecule has 0 bridgehead atoms. The topological polar surface area (TPSA) is 30.7 Å². The second-order valence-electron chi connectivity index (χ2n) is 4.73. The minimum Gasteiger partial charge on any atom is -0.297 e. The average molecular weight is 263 g/mol. The van der Waals surface area contributed by atoms with Crippen molar-refractivity contribution in [3.63, 3.8) is 0 Å². The van der Waals surface area contributed by atoms with Crippen LogP contribution < -0.4 is 0 Å². The number of pyridine rings is 1. The van der Waals surface area contributed by atoms with Gasteiger partial charge in [0.2, 0.25) is 0 Å². The lowest BCUT2D eigenvalue weighted by molar-refractivity contribution is 0.988. The van der Waals surface area contributed by atoms with Crippen LogP contribution in [-0.4, -0.2) is 14.5 Å². The molecule has 0 unspecified atom stereocenters. The van der Waals surface area contributed by atoms with E-state index in [-0.39, 0.29) is 0 Å². The predicted octanol–water partition coefficient (Wildman–Crippen LogP) is 3.81. The van der Waals surface area contributed by atoms with Gasteiger partial charge in [-0.1, -0.05) is 25.1 Å². The van der Waals surface area contributed by atoms with Gasteiger partial charge in [0, 0.05) is 29.3 Å². The highest BCUT2D eigenvalue weighted by Gasteiger charge is 2.15. The van der Waals surface area contributed by atoms with Gasteiger partial charge in [-0.2, -0.15) is 0 Å². The van der Waals surface area contributed by atoms with E-state index in [1.165, 1.54) is 5.69 Å². The molecule has 0 saturated heterocycles. The summed E-state index contributed by atoms with van der Waals surface area (Å²) in [7, 11) is 0. The number of nitrogens with zero attached hydrogens (tertiary/aromatic N) is 3. The van der Waals surface area contributed by atoms with Gasteiger partial charge < -0.3 is 0 Å². The van der Waals surface area contributed by atoms with Gasteiger partial charge in [0.25, 0.3) is 0 Å². The maximum Gasteiger partial charge on any atom is 0.145 e. The molecular weight excluding hydrogens is 246 g/mol. The van der Waals surface area contributed by atoms with Crippen LogP contribution in [0.4, 0.5) is 0 Å². The van der Waals surface area contributed by atoms with E-state index in [1.54, 1.807) is 12.4 Å². The fraction of sp³-hybridized carbons (Fsp3) is 0.176. The third kappa shape index (κ3) is 2.11. The summed E-state index contributed by atoms with van der Waals surface area (Å²) < 4.78 is 2.22. The molecule has 0 saturated carbocycles. The van der Waals surface area contributed by atoms with Crippen molar-refractivity contribution in [2.24, 2.45) is 0 Å². The highest BCUT2D eigenvalue weighted by molar-refractivity contribution is 5.60. The number of imidazole rings is 1. The van der Waals surface area contributed by atoms with E-state index in [1.807, 2.05) is 18.2 Å². The summed E-state index contributed by atoms with van der Waals surface area (Å²) in [5.74, 6) is 0.980. The summed E-state index contributed by atoms with van der Waals surface area (Å²) in [6, 6.07) is 14.4. The molecule has 0 radical (unpaired) electrons. The largest absolute Gasteiger partial charge is 0.297 e. The van der Waals surface area contributed by atoms with E-state index in [2.05, 4.69) is 47.7 Å². The van der Waals surface area contributed by atoms with E-state index < -0.39 is 0 Å². The molecular formula is C17H17N3. The Hall–Kier alpha value is -2.42. The van der Waals surface area contributed by atoms with Crippen molar-refractivity contribution >= 4 is 0 Å². The van der Waals surface area contributed by atoms with Gasteiger partial charge in [0.05, 0.1) is 5.69 Å². The van der Waals surface area contributed by atoms with Crippen molar-refractivity contribution in [3.05, 3.63) is 66.2 Å². The molecule has 0 atom stereocenters. The first-order valence-corrected chi connectivity index (χ1v) is 6.85. The van der Waals surface area contributed by atoms with Gasteiger partial charge in [-0.15, -0.1) is 0 Å². The van der Waals surface area contributed by atoms with Crippen molar-refractivity contribution < 1.29 is 0 Å². The quantitative estimate of drug-likeness (QED) is 0.719. The Kier molecular flexibility index (Phi) is 3.33. The monoisotopic (exact) mass is 263 g/mol. The van der Waals surface area contributed by atoms with Crippen LogP contribution in [0.1, 0.15) is 18.3 Å².